The molecule has 0 aliphatic carbocycles. The molecular formula is C10H16ClN3. The Bertz CT molecular complexity index is 247. The average Bonchev–Trinajstić information content (AvgIpc) is 2.21. The lowest BCUT2D eigenvalue weighted by Crippen LogP contribution is -2.38. The number of hydrogen-bond donors (Lipinski definition) is 2. The Morgan fingerprint density at radius 2 is 2.36 bits per heavy atom. The third kappa shape index (κ3) is 3.16. The second-order valence-corrected chi connectivity index (χ2v) is 3.40. The lowest BCUT2D eigenvalue weighted by atomic mass is 10.1. The molecular weight excluding hydrogens is 198 g/mol. The number of piperidine rings is 1. The Balaban J connectivity index is 0.000000980. The molecule has 0 amide bonds. The lowest BCUT2D eigenvalue weighted by molar-refractivity contribution is 0.479. The molecule has 1 aliphatic rings. The first-order chi connectivity index (χ1) is 6.45. The predicted molar refractivity (Wildman–Crippen MR) is 61.0 cm³/mol. The van der Waals surface area contributed by atoms with Crippen molar-refractivity contribution in [3.63, 3.8) is 0 Å². The van der Waals surface area contributed by atoms with Crippen molar-refractivity contribution in [1.82, 2.24) is 10.3 Å². The zero-order valence-electron chi connectivity index (χ0n) is 8.07. The molecule has 78 valence electrons. The minimum Gasteiger partial charge on any atom is -0.366 e. The Morgan fingerprint density at radius 1 is 1.43 bits per heavy atom. The molecule has 0 saturated carbocycles. The first-order valence-corrected chi connectivity index (χ1v) is 4.83. The van der Waals surface area contributed by atoms with Crippen LogP contribution < -0.4 is 10.6 Å². The van der Waals surface area contributed by atoms with Gasteiger partial charge >= 0.3 is 0 Å². The van der Waals surface area contributed by atoms with Gasteiger partial charge in [-0.25, -0.2) is 4.98 Å². The maximum atomic E-state index is 4.23. The molecule has 0 spiro atoms. The van der Waals surface area contributed by atoms with Gasteiger partial charge in [-0.05, 0) is 31.5 Å². The SMILES string of the molecule is Cl.c1ccc(NC2CCCNC2)nc1. The molecule has 1 aromatic heterocycles. The molecule has 1 aromatic rings. The highest BCUT2D eigenvalue weighted by molar-refractivity contribution is 5.85. The lowest BCUT2D eigenvalue weighted by Gasteiger charge is -2.24. The number of hydrogen-bond acceptors (Lipinski definition) is 3. The number of pyridine rings is 1. The normalized spacial score (nSPS) is 21.0. The van der Waals surface area contributed by atoms with Gasteiger partial charge in [0.15, 0.2) is 0 Å². The fraction of sp³-hybridized carbons (Fsp3) is 0.500. The molecule has 0 bridgehead atoms. The maximum absolute atomic E-state index is 4.23. The number of aromatic nitrogens is 1. The van der Waals surface area contributed by atoms with Crippen molar-refractivity contribution < 1.29 is 0 Å². The van der Waals surface area contributed by atoms with E-state index in [1.807, 2.05) is 24.4 Å². The zero-order chi connectivity index (χ0) is 8.93. The molecule has 3 nitrogen and oxygen atoms in total. The molecule has 0 radical (unpaired) electrons. The van der Waals surface area contributed by atoms with Crippen molar-refractivity contribution >= 4 is 18.2 Å². The van der Waals surface area contributed by atoms with Crippen LogP contribution in [0.15, 0.2) is 24.4 Å². The summed E-state index contributed by atoms with van der Waals surface area (Å²) < 4.78 is 0. The standard InChI is InChI=1S/C10H15N3.ClH/c1-2-7-12-10(5-1)13-9-4-3-6-11-8-9;/h1-2,5,7,9,11H,3-4,6,8H2,(H,12,13);1H. The van der Waals surface area contributed by atoms with Gasteiger partial charge in [0.25, 0.3) is 0 Å². The first kappa shape index (κ1) is 11.3. The zero-order valence-corrected chi connectivity index (χ0v) is 8.89. The Hall–Kier alpha value is -0.800. The van der Waals surface area contributed by atoms with E-state index in [9.17, 15) is 0 Å². The summed E-state index contributed by atoms with van der Waals surface area (Å²) in [4.78, 5) is 4.23. The molecule has 14 heavy (non-hydrogen) atoms. The van der Waals surface area contributed by atoms with Crippen LogP contribution in [0.2, 0.25) is 0 Å². The van der Waals surface area contributed by atoms with Gasteiger partial charge in [0.1, 0.15) is 5.82 Å². The summed E-state index contributed by atoms with van der Waals surface area (Å²) in [5.41, 5.74) is 0. The number of anilines is 1. The predicted octanol–water partition coefficient (Wildman–Crippen LogP) is 1.67. The van der Waals surface area contributed by atoms with Crippen LogP contribution in [0.5, 0.6) is 0 Å². The summed E-state index contributed by atoms with van der Waals surface area (Å²) in [6, 6.07) is 6.49. The average molecular weight is 214 g/mol. The molecule has 2 rings (SSSR count). The summed E-state index contributed by atoms with van der Waals surface area (Å²) in [6.45, 7) is 2.21. The largest absolute Gasteiger partial charge is 0.366 e. The van der Waals surface area contributed by atoms with Crippen molar-refractivity contribution in [1.29, 1.82) is 0 Å². The van der Waals surface area contributed by atoms with Gasteiger partial charge in [-0.3, -0.25) is 0 Å². The third-order valence-electron chi connectivity index (χ3n) is 2.31. The van der Waals surface area contributed by atoms with Crippen LogP contribution in [0, 0.1) is 0 Å². The van der Waals surface area contributed by atoms with E-state index in [0.717, 1.165) is 18.9 Å². The second kappa shape index (κ2) is 5.83. The molecule has 0 aromatic carbocycles. The third-order valence-corrected chi connectivity index (χ3v) is 2.31. The van der Waals surface area contributed by atoms with Gasteiger partial charge in [0.05, 0.1) is 0 Å². The highest BCUT2D eigenvalue weighted by atomic mass is 35.5. The van der Waals surface area contributed by atoms with Gasteiger partial charge in [-0.2, -0.15) is 0 Å². The van der Waals surface area contributed by atoms with E-state index >= 15 is 0 Å². The van der Waals surface area contributed by atoms with Crippen LogP contribution in [0.1, 0.15) is 12.8 Å². The van der Waals surface area contributed by atoms with Crippen molar-refractivity contribution in [3.05, 3.63) is 24.4 Å². The van der Waals surface area contributed by atoms with E-state index in [1.54, 1.807) is 0 Å². The van der Waals surface area contributed by atoms with Crippen molar-refractivity contribution in [2.45, 2.75) is 18.9 Å². The molecule has 2 heterocycles. The van der Waals surface area contributed by atoms with Gasteiger partial charge in [-0.1, -0.05) is 6.07 Å². The molecule has 1 fully saturated rings. The summed E-state index contributed by atoms with van der Waals surface area (Å²) in [5.74, 6) is 0.983. The van der Waals surface area contributed by atoms with E-state index in [-0.39, 0.29) is 12.4 Å². The number of halogens is 1. The van der Waals surface area contributed by atoms with Crippen LogP contribution in [-0.2, 0) is 0 Å². The highest BCUT2D eigenvalue weighted by Gasteiger charge is 2.11. The topological polar surface area (TPSA) is 37.0 Å². The number of rotatable bonds is 2. The van der Waals surface area contributed by atoms with Gasteiger partial charge in [0.2, 0.25) is 0 Å². The van der Waals surface area contributed by atoms with Crippen LogP contribution in [0.3, 0.4) is 0 Å². The van der Waals surface area contributed by atoms with Crippen molar-refractivity contribution in [2.75, 3.05) is 18.4 Å². The maximum Gasteiger partial charge on any atom is 0.126 e. The van der Waals surface area contributed by atoms with Crippen LogP contribution >= 0.6 is 12.4 Å². The smallest absolute Gasteiger partial charge is 0.126 e. The summed E-state index contributed by atoms with van der Waals surface area (Å²) in [6.07, 6.45) is 4.31. The highest BCUT2D eigenvalue weighted by Crippen LogP contribution is 2.08. The Kier molecular flexibility index (Phi) is 4.70. The molecule has 1 aliphatic heterocycles. The van der Waals surface area contributed by atoms with Crippen LogP contribution in [0.4, 0.5) is 5.82 Å². The van der Waals surface area contributed by atoms with E-state index in [0.29, 0.717) is 6.04 Å². The molecule has 1 unspecified atom stereocenters. The van der Waals surface area contributed by atoms with E-state index in [4.69, 9.17) is 0 Å². The molecule has 4 heteroatoms. The minimum absolute atomic E-state index is 0. The van der Waals surface area contributed by atoms with Gasteiger partial charge in [-0.15, -0.1) is 12.4 Å². The van der Waals surface area contributed by atoms with Crippen LogP contribution in [0.25, 0.3) is 0 Å². The fourth-order valence-electron chi connectivity index (χ4n) is 1.63. The Morgan fingerprint density at radius 3 is 3.00 bits per heavy atom. The summed E-state index contributed by atoms with van der Waals surface area (Å²) >= 11 is 0. The fourth-order valence-corrected chi connectivity index (χ4v) is 1.63. The summed E-state index contributed by atoms with van der Waals surface area (Å²) in [7, 11) is 0. The second-order valence-electron chi connectivity index (χ2n) is 3.40. The van der Waals surface area contributed by atoms with E-state index in [2.05, 4.69) is 15.6 Å². The van der Waals surface area contributed by atoms with E-state index < -0.39 is 0 Å². The van der Waals surface area contributed by atoms with Gasteiger partial charge < -0.3 is 10.6 Å². The van der Waals surface area contributed by atoms with E-state index in [1.165, 1.54) is 12.8 Å². The quantitative estimate of drug-likeness (QED) is 0.785. The Labute approximate surface area is 90.7 Å². The molecule has 1 saturated heterocycles. The van der Waals surface area contributed by atoms with Crippen molar-refractivity contribution in [3.8, 4) is 0 Å². The number of nitrogens with one attached hydrogen (secondary N) is 2. The van der Waals surface area contributed by atoms with Gasteiger partial charge in [0, 0.05) is 18.8 Å². The molecule has 2 N–H and O–H groups in total. The van der Waals surface area contributed by atoms with Crippen LogP contribution in [-0.4, -0.2) is 24.1 Å². The summed E-state index contributed by atoms with van der Waals surface area (Å²) in [5, 5.41) is 6.77. The number of nitrogens with zero attached hydrogens (tertiary/aromatic N) is 1. The molecule has 1 atom stereocenters. The van der Waals surface area contributed by atoms with Crippen molar-refractivity contribution in [2.24, 2.45) is 0 Å². The first-order valence-electron chi connectivity index (χ1n) is 4.83. The monoisotopic (exact) mass is 213 g/mol. The minimum atomic E-state index is 0.